The van der Waals surface area contributed by atoms with Crippen molar-refractivity contribution in [1.82, 2.24) is 34.9 Å². The molecule has 9 heteroatoms. The molecule has 9 nitrogen and oxygen atoms in total. The lowest BCUT2D eigenvalue weighted by atomic mass is 10.1. The van der Waals surface area contributed by atoms with Crippen molar-refractivity contribution in [2.45, 2.75) is 143 Å². The van der Waals surface area contributed by atoms with Crippen molar-refractivity contribution in [3.63, 3.8) is 0 Å². The molecule has 0 unspecified atom stereocenters. The van der Waals surface area contributed by atoms with E-state index in [1.165, 1.54) is 24.1 Å². The fraction of sp³-hybridized carbons (Fsp3) is 0.690. The summed E-state index contributed by atoms with van der Waals surface area (Å²) in [5.74, 6) is 1.68. The maximum Gasteiger partial charge on any atom is 0.115 e. The molecule has 2 aliphatic heterocycles. The Bertz CT molecular complexity index is 969. The molecule has 5 rings (SSSR count). The van der Waals surface area contributed by atoms with Gasteiger partial charge in [-0.05, 0) is 87.3 Å². The quantitative estimate of drug-likeness (QED) is 0.256. The highest BCUT2D eigenvalue weighted by Gasteiger charge is 2.12. The second kappa shape index (κ2) is 35.5. The minimum absolute atomic E-state index is 0. The van der Waals surface area contributed by atoms with Crippen LogP contribution in [0.1, 0.15) is 147 Å². The topological polar surface area (TPSA) is 89.4 Å². The molecular weight excluding hydrogens is 635 g/mol. The van der Waals surface area contributed by atoms with E-state index in [2.05, 4.69) is 104 Å². The van der Waals surface area contributed by atoms with Gasteiger partial charge in [-0.15, -0.1) is 0 Å². The van der Waals surface area contributed by atoms with Crippen molar-refractivity contribution in [2.24, 2.45) is 0 Å². The molecule has 0 N–H and O–H groups in total. The van der Waals surface area contributed by atoms with Crippen LogP contribution in [-0.4, -0.2) is 99.6 Å². The zero-order valence-corrected chi connectivity index (χ0v) is 30.5. The number of aromatic nitrogens is 5. The van der Waals surface area contributed by atoms with Gasteiger partial charge < -0.3 is 9.47 Å². The van der Waals surface area contributed by atoms with E-state index in [0.29, 0.717) is 29.8 Å². The Morgan fingerprint density at radius 3 is 1.33 bits per heavy atom. The Hall–Kier alpha value is -2.85. The van der Waals surface area contributed by atoms with Crippen LogP contribution in [-0.2, 0) is 9.47 Å². The van der Waals surface area contributed by atoms with E-state index in [1.54, 1.807) is 24.9 Å². The fourth-order valence-corrected chi connectivity index (χ4v) is 4.41. The predicted octanol–water partition coefficient (Wildman–Crippen LogP) is 10.4. The van der Waals surface area contributed by atoms with Crippen molar-refractivity contribution >= 4 is 0 Å². The van der Waals surface area contributed by atoms with Gasteiger partial charge in [-0.25, -0.2) is 9.97 Å². The molecule has 0 saturated carbocycles. The number of nitrogens with zero attached hydrogens (tertiary/aromatic N) is 7. The van der Waals surface area contributed by atoms with Gasteiger partial charge in [0.15, 0.2) is 0 Å². The third-order valence-electron chi connectivity index (χ3n) is 7.61. The highest BCUT2D eigenvalue weighted by atomic mass is 16.5. The molecule has 0 radical (unpaired) electrons. The molecule has 5 heterocycles. The van der Waals surface area contributed by atoms with Crippen LogP contribution in [0.5, 0.6) is 0 Å². The third kappa shape index (κ3) is 28.4. The SMILES string of the molecule is C.C.C.C.C.CC(C)N1CCCOCC1.CC(C)N1CCOCC1.CC(C)c1ccncc1.CC(C)c1ccncn1.CC(C)c1ccnnc1. The molecule has 2 aliphatic rings. The van der Waals surface area contributed by atoms with Crippen LogP contribution in [0.25, 0.3) is 0 Å². The standard InChI is InChI=1S/C8H17NO.C8H11N.2C7H10N2.C7H15NO.5CH4/c1-8(2)9-4-3-6-10-7-5-9;1-7(2)8-3-5-9-6-4-8;1-6(2)7-3-4-8-5-9-7;1-6(2)7-3-4-8-9-5-7;1-7(2)8-3-5-9-6-4-8;;;;;/h8H,3-7H2,1-2H3;3-7H,1-2H3;2*3-6H,1-2H3;7H,3-6H2,1-2H3;5*1H4. The summed E-state index contributed by atoms with van der Waals surface area (Å²) in [6.07, 6.45) is 11.7. The van der Waals surface area contributed by atoms with Gasteiger partial charge in [-0.2, -0.15) is 10.2 Å². The molecule has 2 saturated heterocycles. The summed E-state index contributed by atoms with van der Waals surface area (Å²) in [5, 5.41) is 7.43. The van der Waals surface area contributed by atoms with Gasteiger partial charge in [-0.1, -0.05) is 78.7 Å². The summed E-state index contributed by atoms with van der Waals surface area (Å²) in [7, 11) is 0. The van der Waals surface area contributed by atoms with Gasteiger partial charge in [0.05, 0.1) is 26.0 Å². The van der Waals surface area contributed by atoms with E-state index >= 15 is 0 Å². The van der Waals surface area contributed by atoms with Gasteiger partial charge in [-0.3, -0.25) is 14.8 Å². The molecule has 0 aliphatic carbocycles. The van der Waals surface area contributed by atoms with Crippen molar-refractivity contribution in [3.05, 3.63) is 78.4 Å². The number of morpholine rings is 1. The zero-order chi connectivity index (χ0) is 34.2. The van der Waals surface area contributed by atoms with Crippen LogP contribution >= 0.6 is 0 Å². The van der Waals surface area contributed by atoms with Gasteiger partial charge in [0.25, 0.3) is 0 Å². The smallest absolute Gasteiger partial charge is 0.115 e. The Morgan fingerprint density at radius 1 is 0.510 bits per heavy atom. The summed E-state index contributed by atoms with van der Waals surface area (Å²) in [6.45, 7) is 30.0. The Morgan fingerprint density at radius 2 is 0.980 bits per heavy atom. The summed E-state index contributed by atoms with van der Waals surface area (Å²) in [5.41, 5.74) is 3.69. The molecule has 0 bridgehead atoms. The number of hydrogen-bond acceptors (Lipinski definition) is 9. The third-order valence-corrected chi connectivity index (χ3v) is 7.61. The van der Waals surface area contributed by atoms with Crippen LogP contribution < -0.4 is 0 Å². The molecule has 0 spiro atoms. The van der Waals surface area contributed by atoms with Crippen LogP contribution in [0.3, 0.4) is 0 Å². The van der Waals surface area contributed by atoms with Crippen molar-refractivity contribution < 1.29 is 9.47 Å². The number of ether oxygens (including phenoxy) is 2. The minimum atomic E-state index is 0. The Balaban J connectivity index is -0.000000169. The first-order valence-corrected chi connectivity index (χ1v) is 17.1. The van der Waals surface area contributed by atoms with Gasteiger partial charge in [0.1, 0.15) is 6.33 Å². The fourth-order valence-electron chi connectivity index (χ4n) is 4.41. The molecular formula is C42H83N7O2. The molecule has 3 aromatic heterocycles. The molecule has 2 fully saturated rings. The van der Waals surface area contributed by atoms with Crippen molar-refractivity contribution in [2.75, 3.05) is 52.6 Å². The monoisotopic (exact) mass is 718 g/mol. The molecule has 298 valence electrons. The van der Waals surface area contributed by atoms with Crippen LogP contribution in [0.2, 0.25) is 0 Å². The minimum Gasteiger partial charge on any atom is -0.380 e. The second-order valence-corrected chi connectivity index (χ2v) is 12.9. The highest BCUT2D eigenvalue weighted by Crippen LogP contribution is 2.11. The first-order chi connectivity index (χ1) is 22.0. The first kappa shape index (κ1) is 57.5. The summed E-state index contributed by atoms with van der Waals surface area (Å²) in [6, 6.07) is 9.38. The lowest BCUT2D eigenvalue weighted by Crippen LogP contribution is -2.40. The summed E-state index contributed by atoms with van der Waals surface area (Å²) < 4.78 is 10.5. The predicted molar refractivity (Wildman–Crippen MR) is 224 cm³/mol. The molecule has 0 amide bonds. The maximum atomic E-state index is 5.33. The van der Waals surface area contributed by atoms with E-state index in [0.717, 1.165) is 51.8 Å². The second-order valence-electron chi connectivity index (χ2n) is 12.9. The largest absolute Gasteiger partial charge is 0.380 e. The number of rotatable bonds is 5. The molecule has 0 atom stereocenters. The van der Waals surface area contributed by atoms with Gasteiger partial charge >= 0.3 is 0 Å². The van der Waals surface area contributed by atoms with Crippen molar-refractivity contribution in [1.29, 1.82) is 0 Å². The van der Waals surface area contributed by atoms with Crippen LogP contribution in [0.4, 0.5) is 0 Å². The molecule has 3 aromatic rings. The van der Waals surface area contributed by atoms with Gasteiger partial charge in [0, 0.05) is 75.4 Å². The highest BCUT2D eigenvalue weighted by molar-refractivity contribution is 5.13. The Kier molecular flexibility index (Phi) is 40.1. The van der Waals surface area contributed by atoms with E-state index in [1.807, 2.05) is 36.7 Å². The number of hydrogen-bond donors (Lipinski definition) is 0. The normalized spacial score (nSPS) is 13.9. The van der Waals surface area contributed by atoms with Crippen LogP contribution in [0.15, 0.2) is 61.6 Å². The van der Waals surface area contributed by atoms with E-state index in [-0.39, 0.29) is 37.1 Å². The number of pyridine rings is 1. The lowest BCUT2D eigenvalue weighted by molar-refractivity contribution is 0.0238. The summed E-state index contributed by atoms with van der Waals surface area (Å²) in [4.78, 5) is 16.7. The lowest BCUT2D eigenvalue weighted by Gasteiger charge is -2.29. The first-order valence-electron chi connectivity index (χ1n) is 17.1. The Labute approximate surface area is 317 Å². The molecule has 0 aromatic carbocycles. The van der Waals surface area contributed by atoms with Gasteiger partial charge in [0.2, 0.25) is 0 Å². The average molecular weight is 718 g/mol. The van der Waals surface area contributed by atoms with E-state index in [4.69, 9.17) is 9.47 Å². The van der Waals surface area contributed by atoms with Crippen molar-refractivity contribution in [3.8, 4) is 0 Å². The summed E-state index contributed by atoms with van der Waals surface area (Å²) >= 11 is 0. The van der Waals surface area contributed by atoms with E-state index < -0.39 is 0 Å². The zero-order valence-electron chi connectivity index (χ0n) is 30.5. The van der Waals surface area contributed by atoms with E-state index in [9.17, 15) is 0 Å². The average Bonchev–Trinajstić information content (AvgIpc) is 3.38. The van der Waals surface area contributed by atoms with Crippen LogP contribution in [0, 0.1) is 0 Å². The maximum absolute atomic E-state index is 5.33. The molecule has 51 heavy (non-hydrogen) atoms.